The molecule has 6 nitrogen and oxygen atoms in total. The topological polar surface area (TPSA) is 65.5 Å². The van der Waals surface area contributed by atoms with Crippen molar-refractivity contribution in [3.8, 4) is 0 Å². The number of hydrogen-bond acceptors (Lipinski definition) is 4. The van der Waals surface area contributed by atoms with Gasteiger partial charge in [-0.3, -0.25) is 14.6 Å². The molecule has 3 aromatic rings. The Labute approximate surface area is 226 Å². The van der Waals surface area contributed by atoms with E-state index >= 15 is 0 Å². The standard InChI is InChI=1S/C32H38N4O2/c1-24-9-10-25(23-33-24)11-16-31(37)34-28-14-12-26(13-15-28)27-17-21-36(22-18-27)32(38)29-7-3-4-8-30(29)35-19-5-2-6-20-35/h3-4,7-10,12-15,23,27H,2,5-6,11,16-22H2,1H3,(H,34,37). The number of pyridine rings is 1. The summed E-state index contributed by atoms with van der Waals surface area (Å²) in [4.78, 5) is 34.6. The first-order valence-electron chi connectivity index (χ1n) is 14.0. The summed E-state index contributed by atoms with van der Waals surface area (Å²) >= 11 is 0. The van der Waals surface area contributed by atoms with Crippen molar-refractivity contribution in [1.82, 2.24) is 9.88 Å². The minimum Gasteiger partial charge on any atom is -0.371 e. The molecule has 2 aliphatic rings. The third-order valence-electron chi connectivity index (χ3n) is 7.89. The van der Waals surface area contributed by atoms with Crippen LogP contribution in [0.25, 0.3) is 0 Å². The van der Waals surface area contributed by atoms with Crippen molar-refractivity contribution in [3.05, 3.63) is 89.2 Å². The summed E-state index contributed by atoms with van der Waals surface area (Å²) in [6.07, 6.45) is 8.52. The highest BCUT2D eigenvalue weighted by Gasteiger charge is 2.27. The van der Waals surface area contributed by atoms with Crippen LogP contribution in [-0.2, 0) is 11.2 Å². The van der Waals surface area contributed by atoms with Crippen LogP contribution in [0.3, 0.4) is 0 Å². The number of carbonyl (C=O) groups is 2. The smallest absolute Gasteiger partial charge is 0.255 e. The molecule has 2 amide bonds. The number of carbonyl (C=O) groups excluding carboxylic acids is 2. The molecule has 1 aromatic heterocycles. The van der Waals surface area contributed by atoms with Crippen LogP contribution in [0.2, 0.25) is 0 Å². The van der Waals surface area contributed by atoms with E-state index in [1.807, 2.05) is 60.5 Å². The lowest BCUT2D eigenvalue weighted by molar-refractivity contribution is -0.116. The molecule has 0 unspecified atom stereocenters. The first-order chi connectivity index (χ1) is 18.6. The van der Waals surface area contributed by atoms with E-state index in [0.29, 0.717) is 18.8 Å². The number of nitrogens with zero attached hydrogens (tertiary/aromatic N) is 3. The van der Waals surface area contributed by atoms with Gasteiger partial charge in [0.1, 0.15) is 0 Å². The molecule has 3 heterocycles. The Kier molecular flexibility index (Phi) is 8.37. The number of anilines is 2. The van der Waals surface area contributed by atoms with Gasteiger partial charge in [-0.25, -0.2) is 0 Å². The fourth-order valence-corrected chi connectivity index (χ4v) is 5.62. The molecule has 198 valence electrons. The van der Waals surface area contributed by atoms with Gasteiger partial charge >= 0.3 is 0 Å². The number of likely N-dealkylation sites (tertiary alicyclic amines) is 1. The molecule has 0 atom stereocenters. The van der Waals surface area contributed by atoms with Gasteiger partial charge in [-0.05, 0) is 92.8 Å². The summed E-state index contributed by atoms with van der Waals surface area (Å²) in [6, 6.07) is 20.3. The van der Waals surface area contributed by atoms with Gasteiger partial charge in [-0.15, -0.1) is 0 Å². The van der Waals surface area contributed by atoms with Crippen molar-refractivity contribution in [2.24, 2.45) is 0 Å². The molecule has 2 fully saturated rings. The molecule has 38 heavy (non-hydrogen) atoms. The molecule has 2 aromatic carbocycles. The summed E-state index contributed by atoms with van der Waals surface area (Å²) < 4.78 is 0. The van der Waals surface area contributed by atoms with Crippen molar-refractivity contribution in [3.63, 3.8) is 0 Å². The van der Waals surface area contributed by atoms with Crippen LogP contribution < -0.4 is 10.2 Å². The van der Waals surface area contributed by atoms with Crippen LogP contribution in [-0.4, -0.2) is 47.9 Å². The van der Waals surface area contributed by atoms with Gasteiger partial charge in [0.2, 0.25) is 5.91 Å². The number of aryl methyl sites for hydroxylation is 2. The maximum absolute atomic E-state index is 13.5. The Morgan fingerprint density at radius 3 is 2.34 bits per heavy atom. The predicted molar refractivity (Wildman–Crippen MR) is 153 cm³/mol. The maximum Gasteiger partial charge on any atom is 0.255 e. The van der Waals surface area contributed by atoms with E-state index in [4.69, 9.17) is 0 Å². The molecule has 0 saturated carbocycles. The molecule has 1 N–H and O–H groups in total. The van der Waals surface area contributed by atoms with Crippen molar-refractivity contribution >= 4 is 23.2 Å². The summed E-state index contributed by atoms with van der Waals surface area (Å²) in [6.45, 7) is 5.56. The molecular weight excluding hydrogens is 472 g/mol. The highest BCUT2D eigenvalue weighted by atomic mass is 16.2. The molecule has 2 saturated heterocycles. The van der Waals surface area contributed by atoms with Gasteiger partial charge < -0.3 is 15.1 Å². The first-order valence-corrected chi connectivity index (χ1v) is 14.0. The summed E-state index contributed by atoms with van der Waals surface area (Å²) in [5.74, 6) is 0.592. The Bertz CT molecular complexity index is 1230. The van der Waals surface area contributed by atoms with Gasteiger partial charge in [0.25, 0.3) is 5.91 Å². The molecule has 5 rings (SSSR count). The Hall–Kier alpha value is -3.67. The minimum atomic E-state index is 0.00924. The van der Waals surface area contributed by atoms with E-state index in [0.717, 1.165) is 67.2 Å². The maximum atomic E-state index is 13.5. The monoisotopic (exact) mass is 510 g/mol. The third kappa shape index (κ3) is 6.42. The van der Waals surface area contributed by atoms with E-state index in [1.54, 1.807) is 0 Å². The van der Waals surface area contributed by atoms with Gasteiger partial charge in [0.05, 0.1) is 5.56 Å². The number of para-hydroxylation sites is 1. The number of benzene rings is 2. The number of hydrogen-bond donors (Lipinski definition) is 1. The fourth-order valence-electron chi connectivity index (χ4n) is 5.62. The zero-order valence-electron chi connectivity index (χ0n) is 22.4. The summed E-state index contributed by atoms with van der Waals surface area (Å²) in [5, 5.41) is 3.01. The summed E-state index contributed by atoms with van der Waals surface area (Å²) in [7, 11) is 0. The molecular formula is C32H38N4O2. The summed E-state index contributed by atoms with van der Waals surface area (Å²) in [5.41, 5.74) is 6.07. The van der Waals surface area contributed by atoms with Crippen LogP contribution in [0.15, 0.2) is 66.9 Å². The molecule has 0 bridgehead atoms. The fraction of sp³-hybridized carbons (Fsp3) is 0.406. The lowest BCUT2D eigenvalue weighted by Gasteiger charge is -2.34. The van der Waals surface area contributed by atoms with Gasteiger partial charge in [-0.2, -0.15) is 0 Å². The lowest BCUT2D eigenvalue weighted by atomic mass is 9.89. The van der Waals surface area contributed by atoms with Crippen molar-refractivity contribution in [2.75, 3.05) is 36.4 Å². The van der Waals surface area contributed by atoms with Crippen LogP contribution >= 0.6 is 0 Å². The Morgan fingerprint density at radius 2 is 1.63 bits per heavy atom. The number of amides is 2. The second kappa shape index (κ2) is 12.2. The second-order valence-corrected chi connectivity index (χ2v) is 10.6. The second-order valence-electron chi connectivity index (χ2n) is 10.6. The number of aromatic nitrogens is 1. The van der Waals surface area contributed by atoms with E-state index in [9.17, 15) is 9.59 Å². The minimum absolute atomic E-state index is 0.00924. The van der Waals surface area contributed by atoms with Crippen LogP contribution in [0.1, 0.15) is 71.6 Å². The SMILES string of the molecule is Cc1ccc(CCC(=O)Nc2ccc(C3CCN(C(=O)c4ccccc4N4CCCCC4)CC3)cc2)cn1. The average molecular weight is 511 g/mol. The zero-order valence-corrected chi connectivity index (χ0v) is 22.4. The first kappa shape index (κ1) is 26.0. The predicted octanol–water partition coefficient (Wildman–Crippen LogP) is 5.97. The largest absolute Gasteiger partial charge is 0.371 e. The normalized spacial score (nSPS) is 16.3. The zero-order chi connectivity index (χ0) is 26.3. The Balaban J connectivity index is 1.12. The van der Waals surface area contributed by atoms with Gasteiger partial charge in [-0.1, -0.05) is 30.3 Å². The van der Waals surface area contributed by atoms with Crippen LogP contribution in [0, 0.1) is 6.92 Å². The van der Waals surface area contributed by atoms with Crippen molar-refractivity contribution in [2.45, 2.75) is 57.8 Å². The van der Waals surface area contributed by atoms with Gasteiger partial charge in [0, 0.05) is 55.9 Å². The van der Waals surface area contributed by atoms with Crippen molar-refractivity contribution < 1.29 is 9.59 Å². The number of nitrogens with one attached hydrogen (secondary N) is 1. The number of piperidine rings is 2. The van der Waals surface area contributed by atoms with Crippen LogP contribution in [0.5, 0.6) is 0 Å². The average Bonchev–Trinajstić information content (AvgIpc) is 2.97. The Morgan fingerprint density at radius 1 is 0.895 bits per heavy atom. The van der Waals surface area contributed by atoms with E-state index in [1.165, 1.54) is 24.8 Å². The van der Waals surface area contributed by atoms with E-state index in [2.05, 4.69) is 33.4 Å². The van der Waals surface area contributed by atoms with E-state index in [-0.39, 0.29) is 11.8 Å². The molecule has 0 aliphatic carbocycles. The highest BCUT2D eigenvalue weighted by molar-refractivity contribution is 6.00. The van der Waals surface area contributed by atoms with E-state index < -0.39 is 0 Å². The molecule has 6 heteroatoms. The lowest BCUT2D eigenvalue weighted by Crippen LogP contribution is -2.39. The quantitative estimate of drug-likeness (QED) is 0.425. The third-order valence-corrected chi connectivity index (χ3v) is 7.89. The molecule has 0 radical (unpaired) electrons. The van der Waals surface area contributed by atoms with Gasteiger partial charge in [0.15, 0.2) is 0 Å². The number of rotatable bonds is 7. The van der Waals surface area contributed by atoms with Crippen LogP contribution in [0.4, 0.5) is 11.4 Å². The molecule has 0 spiro atoms. The molecule has 2 aliphatic heterocycles. The van der Waals surface area contributed by atoms with Crippen molar-refractivity contribution in [1.29, 1.82) is 0 Å². The highest BCUT2D eigenvalue weighted by Crippen LogP contribution is 2.31.